The zero-order valence-electron chi connectivity index (χ0n) is 19.6. The minimum atomic E-state index is 0.117. The molecular formula is C27H35N3O2. The van der Waals surface area contributed by atoms with Crippen LogP contribution in [0, 0.1) is 0 Å². The van der Waals surface area contributed by atoms with Crippen LogP contribution in [0.15, 0.2) is 48.5 Å². The molecule has 0 saturated carbocycles. The van der Waals surface area contributed by atoms with E-state index in [1.807, 2.05) is 35.2 Å². The molecule has 0 radical (unpaired) electrons. The minimum Gasteiger partial charge on any atom is -0.486 e. The summed E-state index contributed by atoms with van der Waals surface area (Å²) in [5.74, 6) is 1.93. The number of fused-ring (bicyclic) bond motifs is 1. The summed E-state index contributed by atoms with van der Waals surface area (Å²) in [5, 5.41) is 0. The highest BCUT2D eigenvalue weighted by Crippen LogP contribution is 2.25. The second-order valence-electron chi connectivity index (χ2n) is 9.78. The average molecular weight is 434 g/mol. The molecule has 0 bridgehead atoms. The second kappa shape index (κ2) is 9.76. The number of imidazole rings is 1. The molecule has 1 aromatic heterocycles. The van der Waals surface area contributed by atoms with Crippen LogP contribution in [-0.2, 0) is 23.4 Å². The first-order valence-electron chi connectivity index (χ1n) is 11.9. The molecular weight excluding hydrogens is 398 g/mol. The largest absolute Gasteiger partial charge is 0.486 e. The quantitative estimate of drug-likeness (QED) is 0.501. The number of likely N-dealkylation sites (tertiary alicyclic amines) is 1. The number of aryl methyl sites for hydroxylation is 1. The SMILES string of the molecule is CC(C)(C)c1ccc(OCc2nc3ccccc3n2CCC(=O)N2CCCCCC2)cc1. The Morgan fingerprint density at radius 1 is 0.969 bits per heavy atom. The predicted molar refractivity (Wildman–Crippen MR) is 129 cm³/mol. The first kappa shape index (κ1) is 22.4. The minimum absolute atomic E-state index is 0.117. The van der Waals surface area contributed by atoms with Crippen LogP contribution in [0.4, 0.5) is 0 Å². The van der Waals surface area contributed by atoms with Crippen molar-refractivity contribution >= 4 is 16.9 Å². The van der Waals surface area contributed by atoms with E-state index in [4.69, 9.17) is 9.72 Å². The summed E-state index contributed by atoms with van der Waals surface area (Å²) in [6.45, 7) is 9.40. The van der Waals surface area contributed by atoms with E-state index in [1.165, 1.54) is 18.4 Å². The van der Waals surface area contributed by atoms with Crippen molar-refractivity contribution in [1.29, 1.82) is 0 Å². The summed E-state index contributed by atoms with van der Waals surface area (Å²) in [6, 6.07) is 16.4. The molecule has 0 unspecified atom stereocenters. The lowest BCUT2D eigenvalue weighted by atomic mass is 9.87. The van der Waals surface area contributed by atoms with Gasteiger partial charge in [-0.1, -0.05) is 57.9 Å². The molecule has 1 aliphatic rings. The molecule has 3 aromatic rings. The molecule has 0 N–H and O–H groups in total. The van der Waals surface area contributed by atoms with Gasteiger partial charge < -0.3 is 14.2 Å². The van der Waals surface area contributed by atoms with Gasteiger partial charge in [0.2, 0.25) is 5.91 Å². The third-order valence-corrected chi connectivity index (χ3v) is 6.33. The molecule has 0 spiro atoms. The van der Waals surface area contributed by atoms with Crippen LogP contribution in [-0.4, -0.2) is 33.4 Å². The third kappa shape index (κ3) is 5.32. The number of hydrogen-bond acceptors (Lipinski definition) is 3. The topological polar surface area (TPSA) is 47.4 Å². The molecule has 2 heterocycles. The first-order chi connectivity index (χ1) is 15.4. The number of hydrogen-bond donors (Lipinski definition) is 0. The predicted octanol–water partition coefficient (Wildman–Crippen LogP) is 5.71. The Hall–Kier alpha value is -2.82. The van der Waals surface area contributed by atoms with Gasteiger partial charge in [0.1, 0.15) is 18.2 Å². The second-order valence-corrected chi connectivity index (χ2v) is 9.78. The molecule has 32 heavy (non-hydrogen) atoms. The number of amides is 1. The standard InChI is InChI=1S/C27H35N3O2/c1-27(2,3)21-12-14-22(15-13-21)32-20-25-28-23-10-6-7-11-24(23)30(25)19-16-26(31)29-17-8-4-5-9-18-29/h6-7,10-15H,4-5,8-9,16-20H2,1-3H3. The van der Waals surface area contributed by atoms with Gasteiger partial charge in [-0.2, -0.15) is 0 Å². The number of carbonyl (C=O) groups is 1. The fraction of sp³-hybridized carbons (Fsp3) is 0.481. The van der Waals surface area contributed by atoms with Gasteiger partial charge in [-0.15, -0.1) is 0 Å². The Kier molecular flexibility index (Phi) is 6.83. The zero-order valence-corrected chi connectivity index (χ0v) is 19.6. The summed E-state index contributed by atoms with van der Waals surface area (Å²) in [4.78, 5) is 19.7. The number of nitrogens with zero attached hydrogens (tertiary/aromatic N) is 3. The molecule has 5 nitrogen and oxygen atoms in total. The van der Waals surface area contributed by atoms with E-state index in [2.05, 4.69) is 43.5 Å². The highest BCUT2D eigenvalue weighted by molar-refractivity contribution is 5.78. The van der Waals surface area contributed by atoms with E-state index in [-0.39, 0.29) is 11.3 Å². The van der Waals surface area contributed by atoms with Crippen LogP contribution in [0.2, 0.25) is 0 Å². The lowest BCUT2D eigenvalue weighted by molar-refractivity contribution is -0.131. The Morgan fingerprint density at radius 3 is 2.34 bits per heavy atom. The van der Waals surface area contributed by atoms with Gasteiger partial charge in [0.05, 0.1) is 11.0 Å². The summed E-state index contributed by atoms with van der Waals surface area (Å²) in [7, 11) is 0. The molecule has 1 saturated heterocycles. The van der Waals surface area contributed by atoms with Crippen molar-refractivity contribution in [3.8, 4) is 5.75 Å². The molecule has 5 heteroatoms. The normalized spacial score (nSPS) is 15.0. The van der Waals surface area contributed by atoms with Crippen LogP contribution < -0.4 is 4.74 Å². The Balaban J connectivity index is 1.47. The molecule has 170 valence electrons. The fourth-order valence-corrected chi connectivity index (χ4v) is 4.37. The van der Waals surface area contributed by atoms with Crippen LogP contribution in [0.5, 0.6) is 5.75 Å². The van der Waals surface area contributed by atoms with Crippen molar-refractivity contribution in [3.63, 3.8) is 0 Å². The molecule has 4 rings (SSSR count). The van der Waals surface area contributed by atoms with Gasteiger partial charge >= 0.3 is 0 Å². The number of carbonyl (C=O) groups excluding carboxylic acids is 1. The number of rotatable bonds is 6. The van der Waals surface area contributed by atoms with E-state index >= 15 is 0 Å². The van der Waals surface area contributed by atoms with Crippen molar-refractivity contribution < 1.29 is 9.53 Å². The monoisotopic (exact) mass is 433 g/mol. The summed E-state index contributed by atoms with van der Waals surface area (Å²) in [6.07, 6.45) is 5.19. The highest BCUT2D eigenvalue weighted by Gasteiger charge is 2.18. The van der Waals surface area contributed by atoms with Gasteiger partial charge in [0, 0.05) is 26.1 Å². The van der Waals surface area contributed by atoms with Crippen molar-refractivity contribution in [2.75, 3.05) is 13.1 Å². The van der Waals surface area contributed by atoms with E-state index in [1.54, 1.807) is 0 Å². The molecule has 0 aliphatic carbocycles. The molecule has 1 aliphatic heterocycles. The van der Waals surface area contributed by atoms with E-state index in [9.17, 15) is 4.79 Å². The highest BCUT2D eigenvalue weighted by atomic mass is 16.5. The number of benzene rings is 2. The van der Waals surface area contributed by atoms with Crippen LogP contribution in [0.1, 0.15) is 64.3 Å². The van der Waals surface area contributed by atoms with Crippen molar-refractivity contribution in [2.24, 2.45) is 0 Å². The van der Waals surface area contributed by atoms with Gasteiger partial charge in [0.25, 0.3) is 0 Å². The van der Waals surface area contributed by atoms with Crippen LogP contribution in [0.25, 0.3) is 11.0 Å². The van der Waals surface area contributed by atoms with Gasteiger partial charge in [0.15, 0.2) is 0 Å². The van der Waals surface area contributed by atoms with Crippen LogP contribution >= 0.6 is 0 Å². The lowest BCUT2D eigenvalue weighted by Gasteiger charge is -2.21. The lowest BCUT2D eigenvalue weighted by Crippen LogP contribution is -2.32. The van der Waals surface area contributed by atoms with Gasteiger partial charge in [-0.3, -0.25) is 4.79 Å². The average Bonchev–Trinajstić information content (AvgIpc) is 2.93. The summed E-state index contributed by atoms with van der Waals surface area (Å²) < 4.78 is 8.24. The van der Waals surface area contributed by atoms with Crippen molar-refractivity contribution in [1.82, 2.24) is 14.5 Å². The maximum absolute atomic E-state index is 12.8. The van der Waals surface area contributed by atoms with Crippen molar-refractivity contribution in [2.45, 2.75) is 71.4 Å². The van der Waals surface area contributed by atoms with E-state index in [0.717, 1.165) is 48.5 Å². The number of para-hydroxylation sites is 2. The van der Waals surface area contributed by atoms with E-state index < -0.39 is 0 Å². The Bertz CT molecular complexity index is 1040. The van der Waals surface area contributed by atoms with Crippen LogP contribution in [0.3, 0.4) is 0 Å². The molecule has 0 atom stereocenters. The van der Waals surface area contributed by atoms with Gasteiger partial charge in [-0.05, 0) is 48.1 Å². The maximum atomic E-state index is 12.8. The molecule has 2 aromatic carbocycles. The fourth-order valence-electron chi connectivity index (χ4n) is 4.37. The first-order valence-corrected chi connectivity index (χ1v) is 11.9. The number of ether oxygens (including phenoxy) is 1. The van der Waals surface area contributed by atoms with Crippen molar-refractivity contribution in [3.05, 3.63) is 59.9 Å². The zero-order chi connectivity index (χ0) is 22.6. The maximum Gasteiger partial charge on any atom is 0.224 e. The summed E-state index contributed by atoms with van der Waals surface area (Å²) >= 11 is 0. The number of aromatic nitrogens is 2. The van der Waals surface area contributed by atoms with E-state index in [0.29, 0.717) is 19.6 Å². The summed E-state index contributed by atoms with van der Waals surface area (Å²) in [5.41, 5.74) is 3.39. The Morgan fingerprint density at radius 2 is 1.66 bits per heavy atom. The molecule has 1 amide bonds. The third-order valence-electron chi connectivity index (χ3n) is 6.33. The van der Waals surface area contributed by atoms with Gasteiger partial charge in [-0.25, -0.2) is 4.98 Å². The molecule has 1 fully saturated rings. The Labute approximate surface area is 191 Å². The smallest absolute Gasteiger partial charge is 0.224 e.